The van der Waals surface area contributed by atoms with E-state index in [1.165, 1.54) is 0 Å². The molecule has 0 radical (unpaired) electrons. The van der Waals surface area contributed by atoms with Gasteiger partial charge >= 0.3 is 6.18 Å². The highest BCUT2D eigenvalue weighted by Gasteiger charge is 2.42. The maximum absolute atomic E-state index is 12.7. The first-order valence-electron chi connectivity index (χ1n) is 6.69. The lowest BCUT2D eigenvalue weighted by Gasteiger charge is -2.36. The van der Waals surface area contributed by atoms with Crippen molar-refractivity contribution in [3.63, 3.8) is 0 Å². The second-order valence-corrected chi connectivity index (χ2v) is 6.15. The minimum Gasteiger partial charge on any atom is -0.367 e. The summed E-state index contributed by atoms with van der Waals surface area (Å²) < 4.78 is 38.2. The van der Waals surface area contributed by atoms with Crippen LogP contribution in [-0.4, -0.2) is 36.8 Å². The van der Waals surface area contributed by atoms with Crippen LogP contribution in [0.5, 0.6) is 0 Å². The van der Waals surface area contributed by atoms with Crippen LogP contribution in [0.2, 0.25) is 0 Å². The first-order valence-corrected chi connectivity index (χ1v) is 6.69. The molecular weight excluding hydrogens is 267 g/mol. The van der Waals surface area contributed by atoms with E-state index in [0.29, 0.717) is 13.1 Å². The van der Waals surface area contributed by atoms with Crippen molar-refractivity contribution in [1.29, 1.82) is 0 Å². The lowest BCUT2D eigenvalue weighted by Crippen LogP contribution is -2.57. The molecule has 0 amide bonds. The molecular formula is C14H20F3N3. The Bertz CT molecular complexity index is 448. The number of pyridine rings is 1. The molecule has 1 fully saturated rings. The molecule has 20 heavy (non-hydrogen) atoms. The number of hydrogen-bond donors (Lipinski definition) is 1. The van der Waals surface area contributed by atoms with Crippen molar-refractivity contribution in [3.8, 4) is 0 Å². The molecule has 112 valence electrons. The SMILES string of the molecule is CC(C)(C)c1ccc(N2CCNC(C(F)(F)F)C2)cn1. The van der Waals surface area contributed by atoms with Gasteiger partial charge in [-0.3, -0.25) is 4.98 Å². The molecule has 1 unspecified atom stereocenters. The normalized spacial score (nSPS) is 21.1. The van der Waals surface area contributed by atoms with E-state index in [0.717, 1.165) is 11.4 Å². The Morgan fingerprint density at radius 2 is 1.95 bits per heavy atom. The lowest BCUT2D eigenvalue weighted by atomic mass is 9.92. The molecule has 1 aromatic rings. The minimum atomic E-state index is -4.21. The smallest absolute Gasteiger partial charge is 0.367 e. The predicted molar refractivity (Wildman–Crippen MR) is 73.0 cm³/mol. The largest absolute Gasteiger partial charge is 0.405 e. The Morgan fingerprint density at radius 1 is 1.25 bits per heavy atom. The first-order chi connectivity index (χ1) is 9.18. The molecule has 1 aliphatic rings. The van der Waals surface area contributed by atoms with Gasteiger partial charge < -0.3 is 10.2 Å². The van der Waals surface area contributed by atoms with Gasteiger partial charge in [-0.15, -0.1) is 0 Å². The van der Waals surface area contributed by atoms with Gasteiger partial charge in [0.1, 0.15) is 6.04 Å². The molecule has 0 spiro atoms. The van der Waals surface area contributed by atoms with Crippen LogP contribution >= 0.6 is 0 Å². The summed E-state index contributed by atoms with van der Waals surface area (Å²) >= 11 is 0. The Labute approximate surface area is 117 Å². The molecule has 0 aromatic carbocycles. The quantitative estimate of drug-likeness (QED) is 0.861. The van der Waals surface area contributed by atoms with E-state index in [9.17, 15) is 13.2 Å². The molecule has 2 rings (SSSR count). The standard InChI is InChI=1S/C14H20F3N3/c1-13(2,3)11-5-4-10(8-19-11)20-7-6-18-12(9-20)14(15,16)17/h4-5,8,12,18H,6-7,9H2,1-3H3. The van der Waals surface area contributed by atoms with E-state index in [1.54, 1.807) is 11.1 Å². The van der Waals surface area contributed by atoms with Gasteiger partial charge in [0.25, 0.3) is 0 Å². The van der Waals surface area contributed by atoms with Crippen molar-refractivity contribution in [1.82, 2.24) is 10.3 Å². The molecule has 0 saturated carbocycles. The number of anilines is 1. The van der Waals surface area contributed by atoms with Gasteiger partial charge in [0.05, 0.1) is 11.9 Å². The van der Waals surface area contributed by atoms with Crippen molar-refractivity contribution in [2.75, 3.05) is 24.5 Å². The minimum absolute atomic E-state index is 0.0590. The van der Waals surface area contributed by atoms with E-state index in [1.807, 2.05) is 12.1 Å². The molecule has 0 aliphatic carbocycles. The van der Waals surface area contributed by atoms with Gasteiger partial charge in [-0.25, -0.2) is 0 Å². The summed E-state index contributed by atoms with van der Waals surface area (Å²) in [5.74, 6) is 0. The highest BCUT2D eigenvalue weighted by molar-refractivity contribution is 5.46. The van der Waals surface area contributed by atoms with Crippen LogP contribution < -0.4 is 10.2 Å². The van der Waals surface area contributed by atoms with E-state index < -0.39 is 12.2 Å². The third kappa shape index (κ3) is 3.42. The van der Waals surface area contributed by atoms with Crippen LogP contribution in [0.3, 0.4) is 0 Å². The first kappa shape index (κ1) is 15.1. The van der Waals surface area contributed by atoms with E-state index >= 15 is 0 Å². The number of nitrogens with one attached hydrogen (secondary N) is 1. The second kappa shape index (κ2) is 5.24. The molecule has 1 aromatic heterocycles. The summed E-state index contributed by atoms with van der Waals surface area (Å²) in [6.45, 7) is 6.98. The summed E-state index contributed by atoms with van der Waals surface area (Å²) in [7, 11) is 0. The average Bonchev–Trinajstić information content (AvgIpc) is 2.37. The predicted octanol–water partition coefficient (Wildman–Crippen LogP) is 2.72. The van der Waals surface area contributed by atoms with Crippen molar-refractivity contribution in [2.24, 2.45) is 0 Å². The maximum Gasteiger partial charge on any atom is 0.405 e. The molecule has 0 bridgehead atoms. The lowest BCUT2D eigenvalue weighted by molar-refractivity contribution is -0.155. The number of nitrogens with zero attached hydrogens (tertiary/aromatic N) is 2. The molecule has 2 heterocycles. The molecule has 1 saturated heterocycles. The summed E-state index contributed by atoms with van der Waals surface area (Å²) in [6.07, 6.45) is -2.54. The third-order valence-corrected chi connectivity index (χ3v) is 3.45. The van der Waals surface area contributed by atoms with E-state index in [4.69, 9.17) is 0 Å². The van der Waals surface area contributed by atoms with Gasteiger partial charge in [0.15, 0.2) is 0 Å². The highest BCUT2D eigenvalue weighted by Crippen LogP contribution is 2.26. The molecule has 3 nitrogen and oxygen atoms in total. The van der Waals surface area contributed by atoms with Crippen molar-refractivity contribution in [2.45, 2.75) is 38.4 Å². The molecule has 6 heteroatoms. The fourth-order valence-corrected chi connectivity index (χ4v) is 2.22. The monoisotopic (exact) mass is 287 g/mol. The Balaban J connectivity index is 2.12. The van der Waals surface area contributed by atoms with Crippen LogP contribution in [0.15, 0.2) is 18.3 Å². The van der Waals surface area contributed by atoms with Gasteiger partial charge in [-0.2, -0.15) is 13.2 Å². The fraction of sp³-hybridized carbons (Fsp3) is 0.643. The fourth-order valence-electron chi connectivity index (χ4n) is 2.22. The average molecular weight is 287 g/mol. The van der Waals surface area contributed by atoms with E-state index in [2.05, 4.69) is 31.1 Å². The zero-order chi connectivity index (χ0) is 15.0. The Hall–Kier alpha value is -1.30. The Kier molecular flexibility index (Phi) is 3.95. The van der Waals surface area contributed by atoms with E-state index in [-0.39, 0.29) is 12.0 Å². The third-order valence-electron chi connectivity index (χ3n) is 3.45. The molecule has 1 atom stereocenters. The highest BCUT2D eigenvalue weighted by atomic mass is 19.4. The van der Waals surface area contributed by atoms with Crippen LogP contribution in [0, 0.1) is 0 Å². The number of alkyl halides is 3. The van der Waals surface area contributed by atoms with Crippen LogP contribution in [0.1, 0.15) is 26.5 Å². The number of rotatable bonds is 1. The van der Waals surface area contributed by atoms with Crippen molar-refractivity contribution < 1.29 is 13.2 Å². The Morgan fingerprint density at radius 3 is 2.45 bits per heavy atom. The topological polar surface area (TPSA) is 28.2 Å². The number of piperazine rings is 1. The van der Waals surface area contributed by atoms with Gasteiger partial charge in [-0.05, 0) is 12.1 Å². The zero-order valence-corrected chi connectivity index (χ0v) is 12.0. The molecule has 1 aliphatic heterocycles. The van der Waals surface area contributed by atoms with Crippen LogP contribution in [0.4, 0.5) is 18.9 Å². The van der Waals surface area contributed by atoms with Crippen molar-refractivity contribution in [3.05, 3.63) is 24.0 Å². The maximum atomic E-state index is 12.7. The van der Waals surface area contributed by atoms with Gasteiger partial charge in [-0.1, -0.05) is 20.8 Å². The number of aromatic nitrogens is 1. The van der Waals surface area contributed by atoms with Crippen LogP contribution in [-0.2, 0) is 5.41 Å². The van der Waals surface area contributed by atoms with Crippen LogP contribution in [0.25, 0.3) is 0 Å². The zero-order valence-electron chi connectivity index (χ0n) is 12.0. The van der Waals surface area contributed by atoms with Gasteiger partial charge in [0.2, 0.25) is 0 Å². The number of halogens is 3. The summed E-state index contributed by atoms with van der Waals surface area (Å²) in [5.41, 5.74) is 1.62. The summed E-state index contributed by atoms with van der Waals surface area (Å²) in [6, 6.07) is 2.27. The van der Waals surface area contributed by atoms with Gasteiger partial charge in [0, 0.05) is 30.7 Å². The summed E-state index contributed by atoms with van der Waals surface area (Å²) in [4.78, 5) is 6.10. The van der Waals surface area contributed by atoms with Crippen molar-refractivity contribution >= 4 is 5.69 Å². The molecule has 1 N–H and O–H groups in total. The number of hydrogen-bond acceptors (Lipinski definition) is 3. The second-order valence-electron chi connectivity index (χ2n) is 6.15. The summed E-state index contributed by atoms with van der Waals surface area (Å²) in [5, 5.41) is 2.51.